The number of amides is 1. The third-order valence-corrected chi connectivity index (χ3v) is 4.95. The number of carbonyl (C=O) groups is 1. The van der Waals surface area contributed by atoms with Crippen LogP contribution in [-0.4, -0.2) is 12.5 Å². The number of nitrogens with one attached hydrogen (secondary N) is 2. The first-order valence-electron chi connectivity index (χ1n) is 8.31. The molecule has 2 aliphatic rings. The minimum atomic E-state index is -0.531. The van der Waals surface area contributed by atoms with Crippen LogP contribution in [-0.2, 0) is 17.8 Å². The average molecular weight is 383 g/mol. The van der Waals surface area contributed by atoms with Gasteiger partial charge in [0.05, 0.1) is 5.69 Å². The van der Waals surface area contributed by atoms with Gasteiger partial charge in [0.2, 0.25) is 5.91 Å². The zero-order valence-electron chi connectivity index (χ0n) is 13.8. The van der Waals surface area contributed by atoms with Crippen molar-refractivity contribution >= 4 is 24.0 Å². The lowest BCUT2D eigenvalue weighted by molar-refractivity contribution is -0.117. The van der Waals surface area contributed by atoms with Crippen LogP contribution in [0.4, 0.5) is 18.9 Å². The summed E-state index contributed by atoms with van der Waals surface area (Å²) in [5.74, 6) is -2.64. The normalized spacial score (nSPS) is 20.7. The number of hydrogen-bond acceptors (Lipinski definition) is 2. The van der Waals surface area contributed by atoms with Crippen LogP contribution in [0.5, 0.6) is 0 Å². The van der Waals surface area contributed by atoms with Crippen molar-refractivity contribution in [2.75, 3.05) is 11.9 Å². The van der Waals surface area contributed by atoms with E-state index in [1.807, 2.05) is 0 Å². The topological polar surface area (TPSA) is 41.1 Å². The number of halogens is 4. The van der Waals surface area contributed by atoms with Gasteiger partial charge in [0, 0.05) is 12.5 Å². The third kappa shape index (κ3) is 3.44. The molecule has 2 aromatic carbocycles. The van der Waals surface area contributed by atoms with Crippen LogP contribution >= 0.6 is 12.4 Å². The predicted octanol–water partition coefficient (Wildman–Crippen LogP) is 3.91. The Hall–Kier alpha value is -2.05. The Kier molecular flexibility index (Phi) is 5.25. The van der Waals surface area contributed by atoms with Gasteiger partial charge in [-0.05, 0) is 66.3 Å². The molecule has 1 aliphatic carbocycles. The Morgan fingerprint density at radius 1 is 1.15 bits per heavy atom. The Morgan fingerprint density at radius 2 is 1.96 bits per heavy atom. The fraction of sp³-hybridized carbons (Fsp3) is 0.316. The molecule has 2 atom stereocenters. The fourth-order valence-corrected chi connectivity index (χ4v) is 3.48. The molecule has 138 valence electrons. The van der Waals surface area contributed by atoms with E-state index in [0.717, 1.165) is 23.8 Å². The molecule has 3 nitrogen and oxygen atoms in total. The van der Waals surface area contributed by atoms with Crippen molar-refractivity contribution < 1.29 is 18.0 Å². The van der Waals surface area contributed by atoms with Crippen LogP contribution in [0.25, 0.3) is 0 Å². The van der Waals surface area contributed by atoms with Gasteiger partial charge in [0.25, 0.3) is 0 Å². The highest BCUT2D eigenvalue weighted by Crippen LogP contribution is 2.49. The van der Waals surface area contributed by atoms with Gasteiger partial charge in [-0.25, -0.2) is 13.2 Å². The second-order valence-electron chi connectivity index (χ2n) is 6.60. The Morgan fingerprint density at radius 3 is 2.77 bits per heavy atom. The van der Waals surface area contributed by atoms with Crippen molar-refractivity contribution in [3.63, 3.8) is 0 Å². The predicted molar refractivity (Wildman–Crippen MR) is 94.9 cm³/mol. The molecule has 1 amide bonds. The first-order valence-corrected chi connectivity index (χ1v) is 8.31. The number of hydrogen-bond donors (Lipinski definition) is 2. The number of benzene rings is 2. The summed E-state index contributed by atoms with van der Waals surface area (Å²) in [4.78, 5) is 12.4. The highest BCUT2D eigenvalue weighted by atomic mass is 35.5. The van der Waals surface area contributed by atoms with Gasteiger partial charge < -0.3 is 10.6 Å². The fourth-order valence-electron chi connectivity index (χ4n) is 3.48. The minimum absolute atomic E-state index is 0. The monoisotopic (exact) mass is 382 g/mol. The molecule has 0 radical (unpaired) electrons. The largest absolute Gasteiger partial charge is 0.323 e. The van der Waals surface area contributed by atoms with Gasteiger partial charge in [0.15, 0.2) is 0 Å². The maximum Gasteiger partial charge on any atom is 0.228 e. The second kappa shape index (κ2) is 7.29. The SMILES string of the molecule is Cl.O=C(Nc1ccc2c(c1F)CCNC2)C1CC1c1cc(F)ccc1F. The molecular weight excluding hydrogens is 365 g/mol. The first kappa shape index (κ1) is 18.7. The molecule has 0 aromatic heterocycles. The molecule has 1 saturated carbocycles. The maximum absolute atomic E-state index is 14.6. The number of fused-ring (bicyclic) bond motifs is 1. The van der Waals surface area contributed by atoms with E-state index in [0.29, 0.717) is 31.5 Å². The number of anilines is 1. The van der Waals surface area contributed by atoms with Crippen molar-refractivity contribution in [2.45, 2.75) is 25.3 Å². The molecule has 0 spiro atoms. The number of carbonyl (C=O) groups excluding carboxylic acids is 1. The quantitative estimate of drug-likeness (QED) is 0.845. The van der Waals surface area contributed by atoms with Gasteiger partial charge in [-0.1, -0.05) is 6.07 Å². The first-order chi connectivity index (χ1) is 12.0. The van der Waals surface area contributed by atoms with Crippen molar-refractivity contribution in [1.82, 2.24) is 5.32 Å². The molecule has 7 heteroatoms. The van der Waals surface area contributed by atoms with Gasteiger partial charge in [0.1, 0.15) is 17.5 Å². The zero-order chi connectivity index (χ0) is 17.6. The van der Waals surface area contributed by atoms with Crippen LogP contribution in [0.2, 0.25) is 0 Å². The molecule has 2 unspecified atom stereocenters. The third-order valence-electron chi connectivity index (χ3n) is 4.95. The van der Waals surface area contributed by atoms with Gasteiger partial charge >= 0.3 is 0 Å². The van der Waals surface area contributed by atoms with Crippen LogP contribution in [0.1, 0.15) is 29.0 Å². The van der Waals surface area contributed by atoms with Gasteiger partial charge in [-0.2, -0.15) is 0 Å². The van der Waals surface area contributed by atoms with E-state index < -0.39 is 23.4 Å². The molecule has 1 fully saturated rings. The maximum atomic E-state index is 14.6. The highest BCUT2D eigenvalue weighted by Gasteiger charge is 2.45. The van der Waals surface area contributed by atoms with Crippen LogP contribution in [0.3, 0.4) is 0 Å². The summed E-state index contributed by atoms with van der Waals surface area (Å²) in [6.45, 7) is 1.31. The van der Waals surface area contributed by atoms with E-state index in [4.69, 9.17) is 0 Å². The molecule has 26 heavy (non-hydrogen) atoms. The molecule has 0 saturated heterocycles. The Balaban J connectivity index is 0.00000196. The summed E-state index contributed by atoms with van der Waals surface area (Å²) >= 11 is 0. The van der Waals surface area contributed by atoms with Gasteiger partial charge in [-0.15, -0.1) is 12.4 Å². The van der Waals surface area contributed by atoms with E-state index in [-0.39, 0.29) is 35.5 Å². The summed E-state index contributed by atoms with van der Waals surface area (Å²) in [5.41, 5.74) is 1.88. The standard InChI is InChI=1S/C19H17F3N2O.ClH/c20-11-2-3-16(21)14(7-11)13-8-15(13)19(25)24-17-4-1-10-9-23-6-5-12(10)18(17)22;/h1-4,7,13,15,23H,5-6,8-9H2,(H,24,25);1H. The summed E-state index contributed by atoms with van der Waals surface area (Å²) in [5, 5.41) is 5.78. The molecule has 1 aliphatic heterocycles. The van der Waals surface area contributed by atoms with Crippen LogP contribution in [0.15, 0.2) is 30.3 Å². The van der Waals surface area contributed by atoms with E-state index in [9.17, 15) is 18.0 Å². The molecule has 2 N–H and O–H groups in total. The minimum Gasteiger partial charge on any atom is -0.323 e. The molecule has 0 bridgehead atoms. The molecular formula is C19H18ClF3N2O. The molecule has 4 rings (SSSR count). The summed E-state index contributed by atoms with van der Waals surface area (Å²) in [6.07, 6.45) is 1.01. The Labute approximate surface area is 155 Å². The van der Waals surface area contributed by atoms with E-state index >= 15 is 0 Å². The van der Waals surface area contributed by atoms with Crippen molar-refractivity contribution in [2.24, 2.45) is 5.92 Å². The summed E-state index contributed by atoms with van der Waals surface area (Å²) in [6, 6.07) is 6.60. The van der Waals surface area contributed by atoms with E-state index in [2.05, 4.69) is 10.6 Å². The van der Waals surface area contributed by atoms with Crippen LogP contribution < -0.4 is 10.6 Å². The van der Waals surface area contributed by atoms with Crippen molar-refractivity contribution in [3.8, 4) is 0 Å². The summed E-state index contributed by atoms with van der Waals surface area (Å²) < 4.78 is 41.7. The lowest BCUT2D eigenvalue weighted by atomic mass is 9.99. The van der Waals surface area contributed by atoms with E-state index in [1.165, 1.54) is 0 Å². The second-order valence-corrected chi connectivity index (χ2v) is 6.60. The molecule has 1 heterocycles. The number of rotatable bonds is 3. The zero-order valence-corrected chi connectivity index (χ0v) is 14.6. The molecule has 2 aromatic rings. The van der Waals surface area contributed by atoms with Crippen molar-refractivity contribution in [3.05, 3.63) is 64.5 Å². The van der Waals surface area contributed by atoms with E-state index in [1.54, 1.807) is 12.1 Å². The highest BCUT2D eigenvalue weighted by molar-refractivity contribution is 5.95. The lowest BCUT2D eigenvalue weighted by Crippen LogP contribution is -2.25. The average Bonchev–Trinajstić information content (AvgIpc) is 3.40. The van der Waals surface area contributed by atoms with Crippen LogP contribution in [0, 0.1) is 23.4 Å². The smallest absolute Gasteiger partial charge is 0.228 e. The van der Waals surface area contributed by atoms with Crippen molar-refractivity contribution in [1.29, 1.82) is 0 Å². The lowest BCUT2D eigenvalue weighted by Gasteiger charge is -2.19. The van der Waals surface area contributed by atoms with Gasteiger partial charge in [-0.3, -0.25) is 4.79 Å². The Bertz CT molecular complexity index is 859. The summed E-state index contributed by atoms with van der Waals surface area (Å²) in [7, 11) is 0.